The van der Waals surface area contributed by atoms with Crippen LogP contribution in [-0.2, 0) is 20.0 Å². The predicted molar refractivity (Wildman–Crippen MR) is 124 cm³/mol. The van der Waals surface area contributed by atoms with Gasteiger partial charge in [-0.25, -0.2) is 0 Å². The van der Waals surface area contributed by atoms with Crippen LogP contribution in [0.25, 0.3) is 0 Å². The molecule has 0 saturated heterocycles. The van der Waals surface area contributed by atoms with Crippen LogP contribution in [0.3, 0.4) is 0 Å². The molecule has 0 heterocycles. The molecule has 5 rings (SSSR count). The molecule has 3 aliphatic rings. The molecule has 0 amide bonds. The van der Waals surface area contributed by atoms with E-state index in [1.165, 1.54) is 24.3 Å². The maximum Gasteiger partial charge on any atom is 0.282 e. The average molecular weight is 463 g/mol. The third-order valence-electron chi connectivity index (χ3n) is 5.41. The van der Waals surface area contributed by atoms with Gasteiger partial charge < -0.3 is 0 Å². The normalized spacial score (nSPS) is 20.4. The van der Waals surface area contributed by atoms with Gasteiger partial charge in [0, 0.05) is 12.8 Å². The van der Waals surface area contributed by atoms with Crippen molar-refractivity contribution in [2.75, 3.05) is 0 Å². The van der Waals surface area contributed by atoms with Crippen LogP contribution < -0.4 is 0 Å². The molecular formula is C24H18N2O4S2. The Balaban J connectivity index is 1.43. The van der Waals surface area contributed by atoms with Crippen molar-refractivity contribution in [2.24, 2.45) is 8.80 Å². The van der Waals surface area contributed by atoms with Gasteiger partial charge in [-0.3, -0.25) is 0 Å². The summed E-state index contributed by atoms with van der Waals surface area (Å²) in [5.74, 6) is 0. The molecule has 6 nitrogen and oxygen atoms in total. The molecule has 0 unspecified atom stereocenters. The summed E-state index contributed by atoms with van der Waals surface area (Å²) < 4.78 is 58.4. The second-order valence-electron chi connectivity index (χ2n) is 7.52. The lowest BCUT2D eigenvalue weighted by Crippen LogP contribution is -2.22. The molecule has 0 aromatic heterocycles. The van der Waals surface area contributed by atoms with Crippen molar-refractivity contribution in [1.82, 2.24) is 0 Å². The summed E-state index contributed by atoms with van der Waals surface area (Å²) >= 11 is 0. The minimum atomic E-state index is -3.79. The van der Waals surface area contributed by atoms with Gasteiger partial charge in [0.25, 0.3) is 20.0 Å². The standard InChI is InChI=1S/C24H18N2O4S2/c27-31(28,19-7-3-1-4-8-19)25-17-11-13-21-22-14-12-18(16-24(22)23(21)15-17)26-32(29,30)20-9-5-2-6-10-20/h1-11,13-14,16H,12,15H2. The van der Waals surface area contributed by atoms with E-state index in [0.29, 0.717) is 24.3 Å². The molecule has 0 atom stereocenters. The molecule has 0 fully saturated rings. The highest BCUT2D eigenvalue weighted by Crippen LogP contribution is 2.46. The zero-order valence-corrected chi connectivity index (χ0v) is 18.5. The number of nitrogens with zero attached hydrogens (tertiary/aromatic N) is 2. The zero-order chi connectivity index (χ0) is 22.3. The monoisotopic (exact) mass is 462 g/mol. The molecule has 0 N–H and O–H groups in total. The summed E-state index contributed by atoms with van der Waals surface area (Å²) in [7, 11) is -7.58. The largest absolute Gasteiger partial charge is 0.282 e. The van der Waals surface area contributed by atoms with Crippen molar-refractivity contribution in [3.63, 3.8) is 0 Å². The molecule has 0 spiro atoms. The molecule has 0 radical (unpaired) electrons. The van der Waals surface area contributed by atoms with Gasteiger partial charge in [0.15, 0.2) is 0 Å². The topological polar surface area (TPSA) is 93.0 Å². The Morgan fingerprint density at radius 1 is 0.656 bits per heavy atom. The fourth-order valence-corrected chi connectivity index (χ4v) is 5.98. The van der Waals surface area contributed by atoms with E-state index in [0.717, 1.165) is 22.3 Å². The van der Waals surface area contributed by atoms with Gasteiger partial charge in [0.05, 0.1) is 21.2 Å². The summed E-state index contributed by atoms with van der Waals surface area (Å²) in [6, 6.07) is 16.2. The number of allylic oxidation sites excluding steroid dienone is 8. The Kier molecular flexibility index (Phi) is 4.91. The summed E-state index contributed by atoms with van der Waals surface area (Å²) in [6.07, 6.45) is 8.10. The molecule has 160 valence electrons. The SMILES string of the molecule is O=S(=O)(N=C1C=C2C(=CC1)C1=C2CC(=NS(=O)(=O)c2ccccc2)C=C1)c1ccccc1. The van der Waals surface area contributed by atoms with Gasteiger partial charge in [-0.1, -0.05) is 48.6 Å². The first kappa shape index (κ1) is 20.5. The Morgan fingerprint density at radius 3 is 1.81 bits per heavy atom. The van der Waals surface area contributed by atoms with E-state index in [9.17, 15) is 16.8 Å². The van der Waals surface area contributed by atoms with E-state index >= 15 is 0 Å². The highest BCUT2D eigenvalue weighted by Gasteiger charge is 2.33. The minimum Gasteiger partial charge on any atom is -0.199 e. The Labute approximate surface area is 186 Å². The van der Waals surface area contributed by atoms with Gasteiger partial charge in [0.2, 0.25) is 0 Å². The first-order chi connectivity index (χ1) is 15.3. The fourth-order valence-electron chi connectivity index (χ4n) is 3.90. The van der Waals surface area contributed by atoms with Gasteiger partial charge in [-0.2, -0.15) is 25.6 Å². The molecule has 8 heteroatoms. The maximum atomic E-state index is 12.6. The summed E-state index contributed by atoms with van der Waals surface area (Å²) in [6.45, 7) is 0. The van der Waals surface area contributed by atoms with Crippen molar-refractivity contribution in [3.05, 3.63) is 107 Å². The molecule has 2 aromatic carbocycles. The Hall–Kier alpha value is -3.36. The Morgan fingerprint density at radius 2 is 1.22 bits per heavy atom. The number of fused-ring (bicyclic) bond motifs is 3. The van der Waals surface area contributed by atoms with Crippen molar-refractivity contribution in [3.8, 4) is 0 Å². The van der Waals surface area contributed by atoms with Gasteiger partial charge >= 0.3 is 0 Å². The summed E-state index contributed by atoms with van der Waals surface area (Å²) in [4.78, 5) is 0.294. The molecule has 32 heavy (non-hydrogen) atoms. The molecule has 0 saturated carbocycles. The summed E-state index contributed by atoms with van der Waals surface area (Å²) in [5.41, 5.74) is 4.81. The first-order valence-corrected chi connectivity index (χ1v) is 12.8. The first-order valence-electron chi connectivity index (χ1n) is 9.95. The lowest BCUT2D eigenvalue weighted by atomic mass is 9.70. The van der Waals surface area contributed by atoms with E-state index in [1.54, 1.807) is 48.6 Å². The van der Waals surface area contributed by atoms with E-state index < -0.39 is 20.0 Å². The van der Waals surface area contributed by atoms with E-state index in [-0.39, 0.29) is 9.79 Å². The van der Waals surface area contributed by atoms with Crippen molar-refractivity contribution in [2.45, 2.75) is 22.6 Å². The van der Waals surface area contributed by atoms with Gasteiger partial charge in [0.1, 0.15) is 0 Å². The number of hydrogen-bond donors (Lipinski definition) is 0. The Bertz CT molecular complexity index is 1510. The molecule has 0 aliphatic heterocycles. The number of rotatable bonds is 4. The van der Waals surface area contributed by atoms with Crippen LogP contribution in [0.15, 0.2) is 126 Å². The number of benzene rings is 2. The van der Waals surface area contributed by atoms with E-state index in [2.05, 4.69) is 8.80 Å². The van der Waals surface area contributed by atoms with Crippen molar-refractivity contribution < 1.29 is 16.8 Å². The van der Waals surface area contributed by atoms with E-state index in [1.807, 2.05) is 12.2 Å². The highest BCUT2D eigenvalue weighted by atomic mass is 32.2. The van der Waals surface area contributed by atoms with Crippen LogP contribution in [0.1, 0.15) is 12.8 Å². The average Bonchev–Trinajstić information content (AvgIpc) is 2.79. The highest BCUT2D eigenvalue weighted by molar-refractivity contribution is 7.90. The van der Waals surface area contributed by atoms with Crippen LogP contribution in [-0.4, -0.2) is 28.3 Å². The third-order valence-corrected chi connectivity index (χ3v) is 8.10. The van der Waals surface area contributed by atoms with Gasteiger partial charge in [-0.15, -0.1) is 0 Å². The molecular weight excluding hydrogens is 444 g/mol. The third kappa shape index (κ3) is 3.72. The second-order valence-corrected chi connectivity index (χ2v) is 10.7. The van der Waals surface area contributed by atoms with Crippen LogP contribution >= 0.6 is 0 Å². The number of hydrogen-bond acceptors (Lipinski definition) is 4. The minimum absolute atomic E-state index is 0.146. The summed E-state index contributed by atoms with van der Waals surface area (Å²) in [5, 5.41) is 0. The van der Waals surface area contributed by atoms with E-state index in [4.69, 9.17) is 0 Å². The second kappa shape index (κ2) is 7.65. The number of sulfonamides is 2. The lowest BCUT2D eigenvalue weighted by molar-refractivity contribution is 0.596. The van der Waals surface area contributed by atoms with Crippen molar-refractivity contribution in [1.29, 1.82) is 0 Å². The maximum absolute atomic E-state index is 12.6. The fraction of sp³-hybridized carbons (Fsp3) is 0.0833. The molecule has 3 aliphatic carbocycles. The lowest BCUT2D eigenvalue weighted by Gasteiger charge is -2.34. The van der Waals surface area contributed by atoms with Crippen molar-refractivity contribution >= 4 is 31.5 Å². The smallest absolute Gasteiger partial charge is 0.199 e. The zero-order valence-electron chi connectivity index (χ0n) is 16.8. The molecule has 2 aromatic rings. The van der Waals surface area contributed by atoms with Gasteiger partial charge in [-0.05, 0) is 58.7 Å². The van der Waals surface area contributed by atoms with Crippen LogP contribution in [0.4, 0.5) is 0 Å². The quantitative estimate of drug-likeness (QED) is 0.682. The van der Waals surface area contributed by atoms with Crippen LogP contribution in [0, 0.1) is 0 Å². The van der Waals surface area contributed by atoms with Crippen LogP contribution in [0.2, 0.25) is 0 Å². The predicted octanol–water partition coefficient (Wildman–Crippen LogP) is 4.17. The van der Waals surface area contributed by atoms with Crippen LogP contribution in [0.5, 0.6) is 0 Å². The molecule has 0 bridgehead atoms.